The van der Waals surface area contributed by atoms with Gasteiger partial charge in [0.15, 0.2) is 0 Å². The number of carbonyl (C=O) groups excluding carboxylic acids is 1. The summed E-state index contributed by atoms with van der Waals surface area (Å²) >= 11 is 1.75. The monoisotopic (exact) mass is 293 g/mol. The summed E-state index contributed by atoms with van der Waals surface area (Å²) in [5, 5.41) is 0.603. The van der Waals surface area contributed by atoms with Crippen molar-refractivity contribution in [2.45, 2.75) is 31.6 Å². The van der Waals surface area contributed by atoms with E-state index in [-0.39, 0.29) is 5.97 Å². The van der Waals surface area contributed by atoms with Gasteiger partial charge in [0, 0.05) is 11.8 Å². The second-order valence-corrected chi connectivity index (χ2v) is 6.37. The minimum atomic E-state index is -0.0794. The fraction of sp³-hybridized carbons (Fsp3) is 0.562. The molecule has 110 valence electrons. The molecule has 0 bridgehead atoms. The van der Waals surface area contributed by atoms with E-state index in [2.05, 4.69) is 35.2 Å². The maximum Gasteiger partial charge on any atom is 0.315 e. The topological polar surface area (TPSA) is 29.5 Å². The van der Waals surface area contributed by atoms with Gasteiger partial charge in [0.05, 0.1) is 12.4 Å². The maximum absolute atomic E-state index is 11.3. The molecular weight excluding hydrogens is 270 g/mol. The van der Waals surface area contributed by atoms with Gasteiger partial charge >= 0.3 is 5.97 Å². The molecule has 0 amide bonds. The highest BCUT2D eigenvalue weighted by atomic mass is 32.2. The molecule has 0 unspecified atom stereocenters. The zero-order valence-corrected chi connectivity index (χ0v) is 12.9. The van der Waals surface area contributed by atoms with Crippen LogP contribution in [-0.4, -0.2) is 41.6 Å². The summed E-state index contributed by atoms with van der Waals surface area (Å²) in [6.45, 7) is 5.61. The van der Waals surface area contributed by atoms with Crippen LogP contribution in [0.5, 0.6) is 0 Å². The third kappa shape index (κ3) is 5.17. The highest BCUT2D eigenvalue weighted by molar-refractivity contribution is 8.00. The summed E-state index contributed by atoms with van der Waals surface area (Å²) in [5.74, 6) is 0.418. The Morgan fingerprint density at radius 3 is 2.65 bits per heavy atom. The molecule has 0 aromatic heterocycles. The lowest BCUT2D eigenvalue weighted by molar-refractivity contribution is -0.139. The first kappa shape index (κ1) is 15.4. The zero-order valence-electron chi connectivity index (χ0n) is 12.1. The second-order valence-electron chi connectivity index (χ2n) is 5.08. The number of benzene rings is 1. The molecule has 4 heteroatoms. The Balaban J connectivity index is 1.66. The maximum atomic E-state index is 11.3. The molecule has 1 aliphatic rings. The summed E-state index contributed by atoms with van der Waals surface area (Å²) in [6, 6.07) is 10.6. The molecule has 0 spiro atoms. The smallest absolute Gasteiger partial charge is 0.315 e. The van der Waals surface area contributed by atoms with Crippen LogP contribution in [0.2, 0.25) is 0 Å². The molecule has 0 saturated carbocycles. The normalized spacial score (nSPS) is 17.1. The number of esters is 1. The summed E-state index contributed by atoms with van der Waals surface area (Å²) in [4.78, 5) is 13.8. The molecule has 1 heterocycles. The Kier molecular flexibility index (Phi) is 6.40. The minimum absolute atomic E-state index is 0.0794. The molecule has 2 rings (SSSR count). The van der Waals surface area contributed by atoms with Gasteiger partial charge in [0.2, 0.25) is 0 Å². The molecule has 1 aromatic rings. The third-order valence-corrected chi connectivity index (χ3v) is 4.87. The summed E-state index contributed by atoms with van der Waals surface area (Å²) < 4.78 is 4.96. The van der Waals surface area contributed by atoms with Gasteiger partial charge in [-0.25, -0.2) is 0 Å². The SMILES string of the molecule is CCOC(=O)CSC1CCN(Cc2ccccc2)CC1. The number of rotatable bonds is 6. The van der Waals surface area contributed by atoms with E-state index >= 15 is 0 Å². The number of hydrogen-bond donors (Lipinski definition) is 0. The van der Waals surface area contributed by atoms with E-state index < -0.39 is 0 Å². The first-order valence-corrected chi connectivity index (χ1v) is 8.36. The van der Waals surface area contributed by atoms with Gasteiger partial charge in [-0.05, 0) is 38.4 Å². The van der Waals surface area contributed by atoms with Crippen molar-refractivity contribution in [2.75, 3.05) is 25.4 Å². The van der Waals surface area contributed by atoms with Crippen LogP contribution >= 0.6 is 11.8 Å². The number of hydrogen-bond acceptors (Lipinski definition) is 4. The number of ether oxygens (including phenoxy) is 1. The van der Waals surface area contributed by atoms with Crippen molar-refractivity contribution in [3.63, 3.8) is 0 Å². The Bertz CT molecular complexity index is 402. The minimum Gasteiger partial charge on any atom is -0.465 e. The van der Waals surface area contributed by atoms with Crippen molar-refractivity contribution in [3.8, 4) is 0 Å². The molecule has 20 heavy (non-hydrogen) atoms. The highest BCUT2D eigenvalue weighted by Gasteiger charge is 2.20. The van der Waals surface area contributed by atoms with Crippen molar-refractivity contribution in [2.24, 2.45) is 0 Å². The third-order valence-electron chi connectivity index (χ3n) is 3.53. The second kappa shape index (κ2) is 8.32. The number of nitrogens with zero attached hydrogens (tertiary/aromatic N) is 1. The van der Waals surface area contributed by atoms with Gasteiger partial charge in [-0.3, -0.25) is 9.69 Å². The quantitative estimate of drug-likeness (QED) is 0.754. The predicted octanol–water partition coefficient (Wildman–Crippen LogP) is 2.95. The lowest BCUT2D eigenvalue weighted by Gasteiger charge is -2.31. The number of piperidine rings is 1. The lowest BCUT2D eigenvalue weighted by atomic mass is 10.1. The Morgan fingerprint density at radius 1 is 1.30 bits per heavy atom. The Labute approximate surface area is 125 Å². The van der Waals surface area contributed by atoms with Crippen molar-refractivity contribution in [3.05, 3.63) is 35.9 Å². The number of likely N-dealkylation sites (tertiary alicyclic amines) is 1. The zero-order chi connectivity index (χ0) is 14.2. The molecule has 1 fully saturated rings. The van der Waals surface area contributed by atoms with E-state index in [9.17, 15) is 4.79 Å². The van der Waals surface area contributed by atoms with Crippen LogP contribution in [0.3, 0.4) is 0 Å². The fourth-order valence-corrected chi connectivity index (χ4v) is 3.46. The molecule has 1 saturated heterocycles. The molecule has 0 aliphatic carbocycles. The number of thioether (sulfide) groups is 1. The van der Waals surface area contributed by atoms with Crippen LogP contribution in [0.4, 0.5) is 0 Å². The summed E-state index contributed by atoms with van der Waals surface area (Å²) in [5.41, 5.74) is 1.38. The summed E-state index contributed by atoms with van der Waals surface area (Å²) in [7, 11) is 0. The van der Waals surface area contributed by atoms with E-state index in [1.165, 1.54) is 5.56 Å². The molecule has 1 aliphatic heterocycles. The van der Waals surface area contributed by atoms with Crippen molar-refractivity contribution >= 4 is 17.7 Å². The van der Waals surface area contributed by atoms with Crippen LogP contribution < -0.4 is 0 Å². The fourth-order valence-electron chi connectivity index (χ4n) is 2.46. The van der Waals surface area contributed by atoms with Gasteiger partial charge in [-0.15, -0.1) is 11.8 Å². The molecule has 1 aromatic carbocycles. The summed E-state index contributed by atoms with van der Waals surface area (Å²) in [6.07, 6.45) is 2.33. The van der Waals surface area contributed by atoms with Crippen LogP contribution in [0.25, 0.3) is 0 Å². The Morgan fingerprint density at radius 2 is 2.00 bits per heavy atom. The highest BCUT2D eigenvalue weighted by Crippen LogP contribution is 2.24. The van der Waals surface area contributed by atoms with Gasteiger partial charge in [0.25, 0.3) is 0 Å². The Hall–Kier alpha value is -1.00. The molecule has 3 nitrogen and oxygen atoms in total. The van der Waals surface area contributed by atoms with E-state index in [1.54, 1.807) is 11.8 Å². The molecule has 0 N–H and O–H groups in total. The first-order valence-electron chi connectivity index (χ1n) is 7.31. The van der Waals surface area contributed by atoms with Gasteiger partial charge < -0.3 is 4.74 Å². The first-order chi connectivity index (χ1) is 9.78. The predicted molar refractivity (Wildman–Crippen MR) is 83.8 cm³/mol. The van der Waals surface area contributed by atoms with E-state index in [1.807, 2.05) is 6.92 Å². The van der Waals surface area contributed by atoms with Gasteiger partial charge in [0.1, 0.15) is 0 Å². The average molecular weight is 293 g/mol. The van der Waals surface area contributed by atoms with Crippen LogP contribution in [0, 0.1) is 0 Å². The molecular formula is C16H23NO2S. The van der Waals surface area contributed by atoms with Crippen molar-refractivity contribution < 1.29 is 9.53 Å². The van der Waals surface area contributed by atoms with Crippen LogP contribution in [0.15, 0.2) is 30.3 Å². The van der Waals surface area contributed by atoms with Crippen LogP contribution in [-0.2, 0) is 16.1 Å². The largest absolute Gasteiger partial charge is 0.465 e. The molecule has 0 radical (unpaired) electrons. The molecule has 0 atom stereocenters. The number of carbonyl (C=O) groups is 1. The van der Waals surface area contributed by atoms with Crippen molar-refractivity contribution in [1.82, 2.24) is 4.90 Å². The van der Waals surface area contributed by atoms with E-state index in [0.717, 1.165) is 32.5 Å². The van der Waals surface area contributed by atoms with Gasteiger partial charge in [-0.2, -0.15) is 0 Å². The van der Waals surface area contributed by atoms with E-state index in [4.69, 9.17) is 4.74 Å². The van der Waals surface area contributed by atoms with E-state index in [0.29, 0.717) is 17.6 Å². The van der Waals surface area contributed by atoms with Gasteiger partial charge in [-0.1, -0.05) is 30.3 Å². The van der Waals surface area contributed by atoms with Crippen molar-refractivity contribution in [1.29, 1.82) is 0 Å². The van der Waals surface area contributed by atoms with Crippen LogP contribution in [0.1, 0.15) is 25.3 Å². The lowest BCUT2D eigenvalue weighted by Crippen LogP contribution is -2.34. The average Bonchev–Trinajstić information content (AvgIpc) is 2.48. The standard InChI is InChI=1S/C16H23NO2S/c1-2-19-16(18)13-20-15-8-10-17(11-9-15)12-14-6-4-3-5-7-14/h3-7,15H,2,8-13H2,1H3.